The first kappa shape index (κ1) is 20.9. The van der Waals surface area contributed by atoms with Crippen LogP contribution in [0, 0.1) is 0 Å². The molecule has 1 atom stereocenters. The number of hydrogen-bond acceptors (Lipinski definition) is 8. The van der Waals surface area contributed by atoms with Gasteiger partial charge in [0.1, 0.15) is 11.6 Å². The number of fused-ring (bicyclic) bond motifs is 1. The summed E-state index contributed by atoms with van der Waals surface area (Å²) in [6.07, 6.45) is -1.57. The molecule has 0 spiro atoms. The summed E-state index contributed by atoms with van der Waals surface area (Å²) < 4.78 is 9.53. The Morgan fingerprint density at radius 1 is 1.07 bits per heavy atom. The average molecular weight is 392 g/mol. The Morgan fingerprint density at radius 2 is 1.61 bits per heavy atom. The largest absolute Gasteiger partial charge is 0.469 e. The molecule has 3 amide bonds. The summed E-state index contributed by atoms with van der Waals surface area (Å²) in [6.45, 7) is 4.83. The molecular weight excluding hydrogens is 372 g/mol. The highest BCUT2D eigenvalue weighted by Gasteiger charge is 2.40. The number of hydroxylamine groups is 2. The zero-order chi connectivity index (χ0) is 21.1. The highest BCUT2D eigenvalue weighted by atomic mass is 16.7. The maximum absolute atomic E-state index is 12.4. The van der Waals surface area contributed by atoms with Crippen LogP contribution in [0.5, 0.6) is 0 Å². The van der Waals surface area contributed by atoms with Crippen LogP contribution in [0.15, 0.2) is 24.3 Å². The smallest absolute Gasteiger partial charge is 0.408 e. The van der Waals surface area contributed by atoms with Crippen molar-refractivity contribution in [1.82, 2.24) is 10.4 Å². The summed E-state index contributed by atoms with van der Waals surface area (Å²) in [4.78, 5) is 65.4. The van der Waals surface area contributed by atoms with Gasteiger partial charge in [-0.1, -0.05) is 17.2 Å². The Balaban J connectivity index is 2.14. The Kier molecular flexibility index (Phi) is 6.02. The van der Waals surface area contributed by atoms with Crippen LogP contribution in [0.3, 0.4) is 0 Å². The van der Waals surface area contributed by atoms with Gasteiger partial charge in [-0.3, -0.25) is 14.4 Å². The third-order valence-corrected chi connectivity index (χ3v) is 3.51. The number of methoxy groups -OCH3 is 1. The van der Waals surface area contributed by atoms with E-state index in [4.69, 9.17) is 9.57 Å². The maximum atomic E-state index is 12.4. The molecule has 10 nitrogen and oxygen atoms in total. The average Bonchev–Trinajstić information content (AvgIpc) is 2.84. The molecule has 0 bridgehead atoms. The van der Waals surface area contributed by atoms with E-state index < -0.39 is 47.9 Å². The molecule has 1 aliphatic rings. The predicted octanol–water partition coefficient (Wildman–Crippen LogP) is 1.20. The zero-order valence-electron chi connectivity index (χ0n) is 15.8. The Morgan fingerprint density at radius 3 is 2.07 bits per heavy atom. The minimum absolute atomic E-state index is 0.0740. The third-order valence-electron chi connectivity index (χ3n) is 3.51. The minimum Gasteiger partial charge on any atom is -0.469 e. The summed E-state index contributed by atoms with van der Waals surface area (Å²) in [5, 5.41) is 2.46. The normalized spacial score (nSPS) is 14.2. The van der Waals surface area contributed by atoms with Crippen molar-refractivity contribution >= 4 is 29.8 Å². The molecule has 1 N–H and O–H groups in total. The van der Waals surface area contributed by atoms with Gasteiger partial charge in [-0.25, -0.2) is 9.59 Å². The molecule has 0 aliphatic carbocycles. The van der Waals surface area contributed by atoms with Crippen LogP contribution in [-0.4, -0.2) is 53.7 Å². The van der Waals surface area contributed by atoms with Gasteiger partial charge in [0.2, 0.25) is 0 Å². The van der Waals surface area contributed by atoms with Crippen LogP contribution in [-0.2, 0) is 23.9 Å². The molecule has 0 radical (unpaired) electrons. The van der Waals surface area contributed by atoms with Gasteiger partial charge in [0.25, 0.3) is 11.8 Å². The standard InChI is InChI=1S/C18H20N2O8/c1-18(2,3)27-17(25)19-12(9-13(21)26-4)16(24)28-20-14(22)10-7-5-6-8-11(10)15(20)23/h5-8,12H,9H2,1-4H3,(H,19,25)/t12-/m1/s1. The number of rotatable bonds is 5. The molecular formula is C18H20N2O8. The molecule has 10 heteroatoms. The van der Waals surface area contributed by atoms with E-state index in [1.807, 2.05) is 0 Å². The number of hydrogen-bond donors (Lipinski definition) is 1. The van der Waals surface area contributed by atoms with Gasteiger partial charge in [-0.2, -0.15) is 0 Å². The van der Waals surface area contributed by atoms with Crippen molar-refractivity contribution in [1.29, 1.82) is 0 Å². The number of carbonyl (C=O) groups excluding carboxylic acids is 5. The van der Waals surface area contributed by atoms with Crippen LogP contribution < -0.4 is 5.32 Å². The number of nitrogens with zero attached hydrogens (tertiary/aromatic N) is 1. The monoisotopic (exact) mass is 392 g/mol. The maximum Gasteiger partial charge on any atom is 0.408 e. The van der Waals surface area contributed by atoms with Crippen molar-refractivity contribution in [3.8, 4) is 0 Å². The van der Waals surface area contributed by atoms with E-state index in [1.165, 1.54) is 12.1 Å². The topological polar surface area (TPSA) is 128 Å². The highest BCUT2D eigenvalue weighted by molar-refractivity contribution is 6.21. The van der Waals surface area contributed by atoms with E-state index in [1.54, 1.807) is 32.9 Å². The van der Waals surface area contributed by atoms with Gasteiger partial charge in [-0.05, 0) is 32.9 Å². The number of amides is 3. The van der Waals surface area contributed by atoms with E-state index in [0.29, 0.717) is 0 Å². The molecule has 0 unspecified atom stereocenters. The first-order valence-corrected chi connectivity index (χ1v) is 8.29. The van der Waals surface area contributed by atoms with E-state index >= 15 is 0 Å². The summed E-state index contributed by atoms with van der Waals surface area (Å²) >= 11 is 0. The summed E-state index contributed by atoms with van der Waals surface area (Å²) in [5.74, 6) is -3.68. The number of esters is 1. The minimum atomic E-state index is -1.54. The summed E-state index contributed by atoms with van der Waals surface area (Å²) in [5.41, 5.74) is -0.707. The van der Waals surface area contributed by atoms with Crippen molar-refractivity contribution in [2.24, 2.45) is 0 Å². The fourth-order valence-electron chi connectivity index (χ4n) is 2.30. The Labute approximate surface area is 160 Å². The molecule has 1 aromatic rings. The third kappa shape index (κ3) is 4.84. The molecule has 1 aromatic carbocycles. The van der Waals surface area contributed by atoms with Crippen LogP contribution >= 0.6 is 0 Å². The van der Waals surface area contributed by atoms with E-state index in [0.717, 1.165) is 7.11 Å². The van der Waals surface area contributed by atoms with E-state index in [9.17, 15) is 24.0 Å². The highest BCUT2D eigenvalue weighted by Crippen LogP contribution is 2.23. The van der Waals surface area contributed by atoms with Gasteiger partial charge in [0, 0.05) is 0 Å². The van der Waals surface area contributed by atoms with Crippen molar-refractivity contribution < 1.29 is 38.3 Å². The van der Waals surface area contributed by atoms with Crippen molar-refractivity contribution in [2.75, 3.05) is 7.11 Å². The molecule has 1 heterocycles. The number of carbonyl (C=O) groups is 5. The first-order valence-electron chi connectivity index (χ1n) is 8.29. The Hall–Kier alpha value is -3.43. The first-order chi connectivity index (χ1) is 13.0. The van der Waals surface area contributed by atoms with Crippen LogP contribution in [0.2, 0.25) is 0 Å². The summed E-state index contributed by atoms with van der Waals surface area (Å²) in [7, 11) is 1.10. The molecule has 150 valence electrons. The molecule has 0 saturated carbocycles. The lowest BCUT2D eigenvalue weighted by Crippen LogP contribution is -2.48. The molecule has 28 heavy (non-hydrogen) atoms. The Bertz CT molecular complexity index is 792. The predicted molar refractivity (Wildman–Crippen MR) is 92.8 cm³/mol. The molecule has 1 aliphatic heterocycles. The van der Waals surface area contributed by atoms with Crippen LogP contribution in [0.1, 0.15) is 47.9 Å². The molecule has 0 fully saturated rings. The lowest BCUT2D eigenvalue weighted by Gasteiger charge is -2.23. The van der Waals surface area contributed by atoms with Gasteiger partial charge >= 0.3 is 18.0 Å². The number of alkyl carbamates (subject to hydrolysis) is 1. The van der Waals surface area contributed by atoms with Crippen molar-refractivity contribution in [3.63, 3.8) is 0 Å². The number of imide groups is 1. The molecule has 0 aromatic heterocycles. The van der Waals surface area contributed by atoms with Crippen LogP contribution in [0.4, 0.5) is 4.79 Å². The quantitative estimate of drug-likeness (QED) is 0.585. The zero-order valence-corrected chi connectivity index (χ0v) is 15.8. The van der Waals surface area contributed by atoms with Gasteiger partial charge in [0.15, 0.2) is 0 Å². The van der Waals surface area contributed by atoms with E-state index in [2.05, 4.69) is 10.1 Å². The van der Waals surface area contributed by atoms with E-state index in [-0.39, 0.29) is 16.2 Å². The molecule has 2 rings (SSSR count). The fourth-order valence-corrected chi connectivity index (χ4v) is 2.30. The van der Waals surface area contributed by atoms with Crippen molar-refractivity contribution in [2.45, 2.75) is 38.8 Å². The number of benzene rings is 1. The van der Waals surface area contributed by atoms with Crippen LogP contribution in [0.25, 0.3) is 0 Å². The SMILES string of the molecule is COC(=O)C[C@@H](NC(=O)OC(C)(C)C)C(=O)ON1C(=O)c2ccccc2C1=O. The second-order valence-electron chi connectivity index (χ2n) is 6.84. The lowest BCUT2D eigenvalue weighted by atomic mass is 10.1. The number of nitrogens with one attached hydrogen (secondary N) is 1. The summed E-state index contributed by atoms with van der Waals surface area (Å²) in [6, 6.07) is 4.40. The number of ether oxygens (including phenoxy) is 2. The lowest BCUT2D eigenvalue weighted by molar-refractivity contribution is -0.172. The van der Waals surface area contributed by atoms with Gasteiger partial charge in [-0.15, -0.1) is 0 Å². The van der Waals surface area contributed by atoms with Gasteiger partial charge < -0.3 is 19.6 Å². The fraction of sp³-hybridized carbons (Fsp3) is 0.389. The van der Waals surface area contributed by atoms with Gasteiger partial charge in [0.05, 0.1) is 24.7 Å². The molecule has 0 saturated heterocycles. The second kappa shape index (κ2) is 8.07. The second-order valence-corrected chi connectivity index (χ2v) is 6.84. The van der Waals surface area contributed by atoms with Crippen molar-refractivity contribution in [3.05, 3.63) is 35.4 Å².